The predicted molar refractivity (Wildman–Crippen MR) is 78.3 cm³/mol. The van der Waals surface area contributed by atoms with Crippen LogP contribution in [-0.4, -0.2) is 17.9 Å². The summed E-state index contributed by atoms with van der Waals surface area (Å²) in [6.07, 6.45) is 0. The van der Waals surface area contributed by atoms with E-state index in [-0.39, 0.29) is 12.0 Å². The summed E-state index contributed by atoms with van der Waals surface area (Å²) in [5.74, 6) is 0.440. The van der Waals surface area contributed by atoms with E-state index >= 15 is 0 Å². The van der Waals surface area contributed by atoms with Gasteiger partial charge in [-0.1, -0.05) is 71.6 Å². The van der Waals surface area contributed by atoms with Crippen LogP contribution in [0, 0.1) is 0 Å². The Morgan fingerprint density at radius 2 is 1.24 bits per heavy atom. The van der Waals surface area contributed by atoms with E-state index in [9.17, 15) is 0 Å². The van der Waals surface area contributed by atoms with Gasteiger partial charge in [0.15, 0.2) is 0 Å². The largest absolute Gasteiger partial charge is 0.229 e. The van der Waals surface area contributed by atoms with Gasteiger partial charge in [0.25, 0.3) is 0 Å². The molecule has 0 bridgehead atoms. The Morgan fingerprint density at radius 3 is 1.59 bits per heavy atom. The lowest BCUT2D eigenvalue weighted by Gasteiger charge is -2.18. The van der Waals surface area contributed by atoms with Gasteiger partial charge < -0.3 is 0 Å². The van der Waals surface area contributed by atoms with Crippen LogP contribution in [-0.2, 0) is 0 Å². The topological polar surface area (TPSA) is 0 Å². The van der Waals surface area contributed by atoms with Crippen LogP contribution in [0.4, 0.5) is 0 Å². The number of hydrogen-bond donors (Lipinski definition) is 0. The molecule has 0 fully saturated rings. The fraction of sp³-hybridized carbons (Fsp3) is 0.143. The molecule has 1 unspecified atom stereocenters. The van der Waals surface area contributed by atoms with Crippen molar-refractivity contribution in [2.75, 3.05) is 5.88 Å². The van der Waals surface area contributed by atoms with Crippen molar-refractivity contribution in [3.05, 3.63) is 60.7 Å². The van der Waals surface area contributed by atoms with Gasteiger partial charge >= 0.3 is 0 Å². The van der Waals surface area contributed by atoms with Gasteiger partial charge in [0, 0.05) is 11.2 Å². The molecular weight excluding hydrogens is 250 g/mol. The van der Waals surface area contributed by atoms with Crippen molar-refractivity contribution in [3.8, 4) is 0 Å². The first kappa shape index (κ1) is 12.5. The van der Waals surface area contributed by atoms with Crippen molar-refractivity contribution in [2.24, 2.45) is 0 Å². The minimum Gasteiger partial charge on any atom is -0.130 e. The second kappa shape index (κ2) is 6.14. The highest BCUT2D eigenvalue weighted by atomic mass is 35.5. The normalized spacial score (nSPS) is 12.1. The van der Waals surface area contributed by atoms with Gasteiger partial charge in [-0.05, 0) is 0 Å². The van der Waals surface area contributed by atoms with Gasteiger partial charge in [0.2, 0.25) is 6.71 Å². The Labute approximate surface area is 113 Å². The van der Waals surface area contributed by atoms with Gasteiger partial charge in [-0.3, -0.25) is 0 Å². The van der Waals surface area contributed by atoms with Crippen molar-refractivity contribution >= 4 is 40.8 Å². The minimum atomic E-state index is -0.0959. The molecular formula is C14H13BCl2. The molecule has 0 aromatic heterocycles. The van der Waals surface area contributed by atoms with Gasteiger partial charge in [-0.15, -0.1) is 23.2 Å². The van der Waals surface area contributed by atoms with Crippen molar-refractivity contribution in [1.82, 2.24) is 0 Å². The second-order valence-electron chi connectivity index (χ2n) is 3.97. The molecule has 0 spiro atoms. The van der Waals surface area contributed by atoms with E-state index in [0.717, 1.165) is 0 Å². The van der Waals surface area contributed by atoms with Crippen LogP contribution >= 0.6 is 23.2 Å². The highest BCUT2D eigenvalue weighted by Gasteiger charge is 2.26. The van der Waals surface area contributed by atoms with Gasteiger partial charge in [0.05, 0.1) is 0 Å². The maximum absolute atomic E-state index is 6.37. The average Bonchev–Trinajstić information content (AvgIpc) is 2.41. The molecule has 0 N–H and O–H groups in total. The number of alkyl halides is 2. The Bertz CT molecular complexity index is 405. The lowest BCUT2D eigenvalue weighted by atomic mass is 9.38. The summed E-state index contributed by atoms with van der Waals surface area (Å²) in [5.41, 5.74) is 2.42. The molecule has 1 atom stereocenters. The summed E-state index contributed by atoms with van der Waals surface area (Å²) in [4.78, 5) is 0. The van der Waals surface area contributed by atoms with E-state index < -0.39 is 0 Å². The number of halogens is 2. The van der Waals surface area contributed by atoms with Crippen LogP contribution in [0.3, 0.4) is 0 Å². The summed E-state index contributed by atoms with van der Waals surface area (Å²) >= 11 is 12.3. The Hall–Kier alpha value is -0.915. The lowest BCUT2D eigenvalue weighted by Crippen LogP contribution is -2.50. The molecule has 3 heteroatoms. The molecule has 0 aliphatic rings. The second-order valence-corrected chi connectivity index (χ2v) is 4.84. The number of benzene rings is 2. The van der Waals surface area contributed by atoms with Crippen LogP contribution in [0.2, 0.25) is 0 Å². The fourth-order valence-corrected chi connectivity index (χ4v) is 2.49. The van der Waals surface area contributed by atoms with E-state index in [4.69, 9.17) is 23.2 Å². The molecule has 86 valence electrons. The number of rotatable bonds is 4. The molecule has 0 amide bonds. The highest BCUT2D eigenvalue weighted by Crippen LogP contribution is 2.06. The van der Waals surface area contributed by atoms with Crippen LogP contribution in [0.5, 0.6) is 0 Å². The molecule has 2 aromatic rings. The smallest absolute Gasteiger partial charge is 0.130 e. The van der Waals surface area contributed by atoms with Gasteiger partial charge in [-0.25, -0.2) is 0 Å². The molecule has 17 heavy (non-hydrogen) atoms. The predicted octanol–water partition coefficient (Wildman–Crippen LogP) is 2.68. The summed E-state index contributed by atoms with van der Waals surface area (Å²) in [6, 6.07) is 20.5. The van der Waals surface area contributed by atoms with Crippen LogP contribution in [0.1, 0.15) is 0 Å². The molecule has 0 saturated carbocycles. The Kier molecular flexibility index (Phi) is 4.53. The SMILES string of the molecule is ClCC(Cl)B(c1ccccc1)c1ccccc1. The standard InChI is InChI=1S/C14H13BCl2/c16-11-14(17)15(12-7-3-1-4-8-12)13-9-5-2-6-10-13/h1-10,14H,11H2. The summed E-state index contributed by atoms with van der Waals surface area (Å²) in [6.45, 7) is 0.150. The monoisotopic (exact) mass is 262 g/mol. The zero-order chi connectivity index (χ0) is 12.1. The van der Waals surface area contributed by atoms with Gasteiger partial charge in [-0.2, -0.15) is 0 Å². The van der Waals surface area contributed by atoms with Crippen molar-refractivity contribution in [1.29, 1.82) is 0 Å². The molecule has 0 heterocycles. The fourth-order valence-electron chi connectivity index (χ4n) is 2.02. The van der Waals surface area contributed by atoms with Crippen LogP contribution < -0.4 is 10.9 Å². The Morgan fingerprint density at radius 1 is 0.824 bits per heavy atom. The quantitative estimate of drug-likeness (QED) is 0.587. The van der Waals surface area contributed by atoms with Gasteiger partial charge in [0.1, 0.15) is 0 Å². The molecule has 2 aromatic carbocycles. The average molecular weight is 263 g/mol. The molecule has 0 aliphatic carbocycles. The van der Waals surface area contributed by atoms with Crippen LogP contribution in [0.15, 0.2) is 60.7 Å². The molecule has 0 radical (unpaired) electrons. The van der Waals surface area contributed by atoms with Crippen molar-refractivity contribution in [3.63, 3.8) is 0 Å². The third-order valence-electron chi connectivity index (χ3n) is 2.83. The van der Waals surface area contributed by atoms with Crippen molar-refractivity contribution in [2.45, 2.75) is 5.28 Å². The van der Waals surface area contributed by atoms with Crippen molar-refractivity contribution < 1.29 is 0 Å². The molecule has 0 nitrogen and oxygen atoms in total. The first-order chi connectivity index (χ1) is 8.33. The number of hydrogen-bond acceptors (Lipinski definition) is 0. The van der Waals surface area contributed by atoms with E-state index in [1.54, 1.807) is 0 Å². The van der Waals surface area contributed by atoms with E-state index in [1.807, 2.05) is 36.4 Å². The Balaban J connectivity index is 2.39. The highest BCUT2D eigenvalue weighted by molar-refractivity contribution is 6.91. The lowest BCUT2D eigenvalue weighted by molar-refractivity contribution is 1.36. The third kappa shape index (κ3) is 3.05. The van der Waals surface area contributed by atoms with E-state index in [1.165, 1.54) is 10.9 Å². The maximum Gasteiger partial charge on any atom is 0.229 e. The minimum absolute atomic E-state index is 0.0959. The van der Waals surface area contributed by atoms with E-state index in [2.05, 4.69) is 24.3 Å². The molecule has 0 saturated heterocycles. The zero-order valence-electron chi connectivity index (χ0n) is 9.39. The molecule has 0 aliphatic heterocycles. The summed E-state index contributed by atoms with van der Waals surface area (Å²) in [7, 11) is 0. The summed E-state index contributed by atoms with van der Waals surface area (Å²) in [5, 5.41) is -0.0959. The first-order valence-corrected chi connectivity index (χ1v) is 6.60. The van der Waals surface area contributed by atoms with Crippen LogP contribution in [0.25, 0.3) is 0 Å². The van der Waals surface area contributed by atoms with E-state index in [0.29, 0.717) is 5.88 Å². The first-order valence-electron chi connectivity index (χ1n) is 5.63. The third-order valence-corrected chi connectivity index (χ3v) is 3.72. The maximum atomic E-state index is 6.37. The molecule has 2 rings (SSSR count). The zero-order valence-corrected chi connectivity index (χ0v) is 10.9. The summed E-state index contributed by atoms with van der Waals surface area (Å²) < 4.78 is 0.